The number of benzene rings is 2. The van der Waals surface area contributed by atoms with Gasteiger partial charge in [0.15, 0.2) is 0 Å². The highest BCUT2D eigenvalue weighted by molar-refractivity contribution is 5.94. The SMILES string of the molecule is COc1ccc2c(Nc3cccc(CN)c3)nccc2c1. The van der Waals surface area contributed by atoms with Gasteiger partial charge in [-0.25, -0.2) is 4.98 Å². The normalized spacial score (nSPS) is 10.6. The number of pyridine rings is 1. The summed E-state index contributed by atoms with van der Waals surface area (Å²) in [4.78, 5) is 4.43. The van der Waals surface area contributed by atoms with E-state index in [0.717, 1.165) is 33.6 Å². The molecule has 3 aromatic rings. The van der Waals surface area contributed by atoms with Crippen LogP contribution in [0.4, 0.5) is 11.5 Å². The van der Waals surface area contributed by atoms with Crippen molar-refractivity contribution in [2.75, 3.05) is 12.4 Å². The van der Waals surface area contributed by atoms with Gasteiger partial charge in [-0.15, -0.1) is 0 Å². The van der Waals surface area contributed by atoms with E-state index in [1.165, 1.54) is 0 Å². The molecular formula is C17H17N3O. The number of nitrogens with two attached hydrogens (primary N) is 1. The van der Waals surface area contributed by atoms with Crippen molar-refractivity contribution in [2.45, 2.75) is 6.54 Å². The molecule has 3 N–H and O–H groups in total. The summed E-state index contributed by atoms with van der Waals surface area (Å²) in [7, 11) is 1.67. The van der Waals surface area contributed by atoms with Gasteiger partial charge in [0.2, 0.25) is 0 Å². The number of ether oxygens (including phenoxy) is 1. The minimum absolute atomic E-state index is 0.523. The Bertz CT molecular complexity index is 771. The van der Waals surface area contributed by atoms with Gasteiger partial charge < -0.3 is 15.8 Å². The van der Waals surface area contributed by atoms with Gasteiger partial charge in [-0.2, -0.15) is 0 Å². The first-order valence-electron chi connectivity index (χ1n) is 6.79. The summed E-state index contributed by atoms with van der Waals surface area (Å²) in [5, 5.41) is 5.49. The Morgan fingerprint density at radius 3 is 2.86 bits per heavy atom. The predicted octanol–water partition coefficient (Wildman–Crippen LogP) is 3.45. The van der Waals surface area contributed by atoms with Crippen LogP contribution in [-0.4, -0.2) is 12.1 Å². The van der Waals surface area contributed by atoms with Gasteiger partial charge in [-0.1, -0.05) is 12.1 Å². The number of nitrogens with one attached hydrogen (secondary N) is 1. The summed E-state index contributed by atoms with van der Waals surface area (Å²) < 4.78 is 5.26. The van der Waals surface area contributed by atoms with Crippen LogP contribution in [-0.2, 0) is 6.54 Å². The van der Waals surface area contributed by atoms with E-state index in [1.807, 2.05) is 48.5 Å². The van der Waals surface area contributed by atoms with Crippen molar-refractivity contribution in [3.63, 3.8) is 0 Å². The lowest BCUT2D eigenvalue weighted by atomic mass is 10.1. The second-order valence-corrected chi connectivity index (χ2v) is 4.78. The van der Waals surface area contributed by atoms with Gasteiger partial charge in [0, 0.05) is 23.8 Å². The molecule has 2 aromatic carbocycles. The van der Waals surface area contributed by atoms with Crippen molar-refractivity contribution in [2.24, 2.45) is 5.73 Å². The monoisotopic (exact) mass is 279 g/mol. The first-order chi connectivity index (χ1) is 10.3. The molecule has 0 saturated heterocycles. The minimum Gasteiger partial charge on any atom is -0.497 e. The van der Waals surface area contributed by atoms with Crippen LogP contribution in [0.5, 0.6) is 5.75 Å². The van der Waals surface area contributed by atoms with E-state index in [4.69, 9.17) is 10.5 Å². The standard InChI is InChI=1S/C17H17N3O/c1-21-15-5-6-16-13(10-15)7-8-19-17(16)20-14-4-2-3-12(9-14)11-18/h2-10H,11,18H2,1H3,(H,19,20). The van der Waals surface area contributed by atoms with Crippen molar-refractivity contribution in [1.82, 2.24) is 4.98 Å². The lowest BCUT2D eigenvalue weighted by molar-refractivity contribution is 0.415. The third-order valence-electron chi connectivity index (χ3n) is 3.40. The Morgan fingerprint density at radius 2 is 2.05 bits per heavy atom. The number of methoxy groups -OCH3 is 1. The fraction of sp³-hybridized carbons (Fsp3) is 0.118. The molecule has 0 amide bonds. The van der Waals surface area contributed by atoms with Gasteiger partial charge in [0.25, 0.3) is 0 Å². The molecule has 0 bridgehead atoms. The molecule has 0 aliphatic rings. The maximum Gasteiger partial charge on any atom is 0.138 e. The average Bonchev–Trinajstić information content (AvgIpc) is 2.55. The summed E-state index contributed by atoms with van der Waals surface area (Å²) in [6, 6.07) is 15.9. The molecule has 0 aliphatic carbocycles. The van der Waals surface area contributed by atoms with Crippen LogP contribution in [0.2, 0.25) is 0 Å². The maximum absolute atomic E-state index is 5.68. The number of fused-ring (bicyclic) bond motifs is 1. The zero-order valence-corrected chi connectivity index (χ0v) is 11.8. The predicted molar refractivity (Wildman–Crippen MR) is 85.9 cm³/mol. The molecule has 1 heterocycles. The molecule has 3 rings (SSSR count). The van der Waals surface area contributed by atoms with E-state index < -0.39 is 0 Å². The summed E-state index contributed by atoms with van der Waals surface area (Å²) in [5.41, 5.74) is 7.74. The number of anilines is 2. The van der Waals surface area contributed by atoms with Gasteiger partial charge in [0.05, 0.1) is 7.11 Å². The van der Waals surface area contributed by atoms with Gasteiger partial charge >= 0.3 is 0 Å². The molecule has 0 atom stereocenters. The molecule has 0 unspecified atom stereocenters. The molecule has 4 nitrogen and oxygen atoms in total. The minimum atomic E-state index is 0.523. The van der Waals surface area contributed by atoms with Crippen molar-refractivity contribution >= 4 is 22.3 Å². The fourth-order valence-electron chi connectivity index (χ4n) is 2.30. The molecule has 0 saturated carbocycles. The summed E-state index contributed by atoms with van der Waals surface area (Å²) >= 11 is 0. The van der Waals surface area contributed by atoms with Gasteiger partial charge in [0.1, 0.15) is 11.6 Å². The van der Waals surface area contributed by atoms with Crippen LogP contribution >= 0.6 is 0 Å². The van der Waals surface area contributed by atoms with Crippen LogP contribution in [0.25, 0.3) is 10.8 Å². The number of rotatable bonds is 4. The van der Waals surface area contributed by atoms with Crippen molar-refractivity contribution < 1.29 is 4.74 Å². The molecule has 0 fully saturated rings. The molecule has 1 aromatic heterocycles. The quantitative estimate of drug-likeness (QED) is 0.768. The zero-order valence-electron chi connectivity index (χ0n) is 11.8. The van der Waals surface area contributed by atoms with Crippen LogP contribution in [0, 0.1) is 0 Å². The van der Waals surface area contributed by atoms with Gasteiger partial charge in [-0.05, 0) is 47.3 Å². The molecule has 0 aliphatic heterocycles. The lowest BCUT2D eigenvalue weighted by Gasteiger charge is -2.10. The summed E-state index contributed by atoms with van der Waals surface area (Å²) in [5.74, 6) is 1.66. The van der Waals surface area contributed by atoms with Crippen LogP contribution in [0.15, 0.2) is 54.7 Å². The van der Waals surface area contributed by atoms with E-state index in [9.17, 15) is 0 Å². The van der Waals surface area contributed by atoms with Crippen LogP contribution < -0.4 is 15.8 Å². The van der Waals surface area contributed by atoms with Crippen molar-refractivity contribution in [3.8, 4) is 5.75 Å². The summed E-state index contributed by atoms with van der Waals surface area (Å²) in [6.45, 7) is 0.523. The van der Waals surface area contributed by atoms with E-state index in [2.05, 4.69) is 10.3 Å². The van der Waals surface area contributed by atoms with E-state index >= 15 is 0 Å². The molecule has 4 heteroatoms. The van der Waals surface area contributed by atoms with Crippen molar-refractivity contribution in [1.29, 1.82) is 0 Å². The Hall–Kier alpha value is -2.59. The molecular weight excluding hydrogens is 262 g/mol. The zero-order chi connectivity index (χ0) is 14.7. The molecule has 106 valence electrons. The molecule has 21 heavy (non-hydrogen) atoms. The highest BCUT2D eigenvalue weighted by atomic mass is 16.5. The van der Waals surface area contributed by atoms with Crippen LogP contribution in [0.3, 0.4) is 0 Å². The lowest BCUT2D eigenvalue weighted by Crippen LogP contribution is -1.99. The summed E-state index contributed by atoms with van der Waals surface area (Å²) in [6.07, 6.45) is 1.79. The number of aromatic nitrogens is 1. The highest BCUT2D eigenvalue weighted by Crippen LogP contribution is 2.27. The second-order valence-electron chi connectivity index (χ2n) is 4.78. The fourth-order valence-corrected chi connectivity index (χ4v) is 2.30. The van der Waals surface area contributed by atoms with Crippen LogP contribution in [0.1, 0.15) is 5.56 Å². The maximum atomic E-state index is 5.68. The number of hydrogen-bond donors (Lipinski definition) is 2. The van der Waals surface area contributed by atoms with Crippen molar-refractivity contribution in [3.05, 3.63) is 60.3 Å². The first kappa shape index (κ1) is 13.4. The highest BCUT2D eigenvalue weighted by Gasteiger charge is 2.04. The topological polar surface area (TPSA) is 60.2 Å². The third-order valence-corrected chi connectivity index (χ3v) is 3.40. The Balaban J connectivity index is 2.00. The Morgan fingerprint density at radius 1 is 1.14 bits per heavy atom. The third kappa shape index (κ3) is 2.80. The average molecular weight is 279 g/mol. The second kappa shape index (κ2) is 5.81. The van der Waals surface area contributed by atoms with E-state index in [0.29, 0.717) is 6.54 Å². The number of nitrogens with zero attached hydrogens (tertiary/aromatic N) is 1. The number of hydrogen-bond acceptors (Lipinski definition) is 4. The largest absolute Gasteiger partial charge is 0.497 e. The first-order valence-corrected chi connectivity index (χ1v) is 6.79. The Kier molecular flexibility index (Phi) is 3.71. The van der Waals surface area contributed by atoms with E-state index in [-0.39, 0.29) is 0 Å². The Labute approximate surface area is 123 Å². The molecule has 0 radical (unpaired) electrons. The molecule has 0 spiro atoms. The van der Waals surface area contributed by atoms with E-state index in [1.54, 1.807) is 13.3 Å². The smallest absolute Gasteiger partial charge is 0.138 e. The van der Waals surface area contributed by atoms with Gasteiger partial charge in [-0.3, -0.25) is 0 Å².